The molecule has 4 aromatic rings. The van der Waals surface area contributed by atoms with Crippen molar-refractivity contribution in [1.29, 1.82) is 0 Å². The summed E-state index contributed by atoms with van der Waals surface area (Å²) in [6.45, 7) is 6.48. The van der Waals surface area contributed by atoms with Gasteiger partial charge in [0.2, 0.25) is 5.91 Å². The number of hydrogen-bond acceptors (Lipinski definition) is 8. The minimum atomic E-state index is -0.451. The van der Waals surface area contributed by atoms with Crippen LogP contribution < -0.4 is 5.32 Å². The number of esters is 1. The van der Waals surface area contributed by atoms with E-state index in [0.717, 1.165) is 27.2 Å². The first-order valence-electron chi connectivity index (χ1n) is 9.95. The zero-order valence-electron chi connectivity index (χ0n) is 18.1. The molecule has 0 saturated heterocycles. The third-order valence-corrected chi connectivity index (χ3v) is 8.17. The molecule has 7 nitrogen and oxygen atoms in total. The van der Waals surface area contributed by atoms with Crippen LogP contribution in [-0.4, -0.2) is 39.5 Å². The highest BCUT2D eigenvalue weighted by Gasteiger charge is 2.22. The number of fused-ring (bicyclic) bond motifs is 1. The summed E-state index contributed by atoms with van der Waals surface area (Å²) < 4.78 is 8.09. The maximum absolute atomic E-state index is 12.6. The van der Waals surface area contributed by atoms with Gasteiger partial charge in [-0.1, -0.05) is 30.0 Å². The minimum Gasteiger partial charge on any atom is -0.465 e. The maximum Gasteiger partial charge on any atom is 0.341 e. The lowest BCUT2D eigenvalue weighted by Crippen LogP contribution is -2.16. The van der Waals surface area contributed by atoms with Crippen molar-refractivity contribution in [2.75, 3.05) is 18.2 Å². The summed E-state index contributed by atoms with van der Waals surface area (Å²) in [6.07, 6.45) is 0. The number of rotatable bonds is 7. The van der Waals surface area contributed by atoms with Gasteiger partial charge in [-0.05, 0) is 32.4 Å². The molecule has 0 spiro atoms. The number of anilines is 1. The van der Waals surface area contributed by atoms with Crippen LogP contribution in [0, 0.1) is 13.8 Å². The minimum absolute atomic E-state index is 0.152. The smallest absolute Gasteiger partial charge is 0.341 e. The Bertz CT molecular complexity index is 1310. The Morgan fingerprint density at radius 3 is 2.75 bits per heavy atom. The van der Waals surface area contributed by atoms with Gasteiger partial charge in [-0.2, -0.15) is 0 Å². The Kier molecular flexibility index (Phi) is 6.63. The number of aromatic nitrogens is 3. The molecule has 3 aromatic heterocycles. The van der Waals surface area contributed by atoms with E-state index in [1.165, 1.54) is 34.9 Å². The second kappa shape index (κ2) is 9.43. The quantitative estimate of drug-likeness (QED) is 0.279. The van der Waals surface area contributed by atoms with Crippen molar-refractivity contribution in [1.82, 2.24) is 14.8 Å². The third-order valence-electron chi connectivity index (χ3n) is 5.12. The second-order valence-corrected chi connectivity index (χ2v) is 10.1. The average molecular weight is 487 g/mol. The first-order chi connectivity index (χ1) is 15.4. The van der Waals surface area contributed by atoms with Crippen molar-refractivity contribution >= 4 is 61.4 Å². The highest BCUT2D eigenvalue weighted by molar-refractivity contribution is 7.99. The Labute approximate surface area is 197 Å². The summed E-state index contributed by atoms with van der Waals surface area (Å²) >= 11 is 4.37. The topological polar surface area (TPSA) is 86.1 Å². The molecule has 1 N–H and O–H groups in total. The molecule has 0 aliphatic rings. The van der Waals surface area contributed by atoms with E-state index < -0.39 is 5.97 Å². The molecule has 32 heavy (non-hydrogen) atoms. The van der Waals surface area contributed by atoms with Gasteiger partial charge in [-0.3, -0.25) is 4.79 Å². The predicted molar refractivity (Wildman–Crippen MR) is 131 cm³/mol. The summed E-state index contributed by atoms with van der Waals surface area (Å²) in [5.41, 5.74) is 2.28. The zero-order chi connectivity index (χ0) is 22.8. The highest BCUT2D eigenvalue weighted by atomic mass is 32.2. The van der Waals surface area contributed by atoms with Gasteiger partial charge in [0, 0.05) is 32.5 Å². The van der Waals surface area contributed by atoms with Crippen molar-refractivity contribution in [2.45, 2.75) is 32.5 Å². The Morgan fingerprint density at radius 2 is 2.00 bits per heavy atom. The van der Waals surface area contributed by atoms with Gasteiger partial charge < -0.3 is 14.6 Å². The molecule has 3 heterocycles. The fourth-order valence-electron chi connectivity index (χ4n) is 3.39. The van der Waals surface area contributed by atoms with E-state index in [4.69, 9.17) is 4.74 Å². The van der Waals surface area contributed by atoms with E-state index in [0.29, 0.717) is 22.3 Å². The summed E-state index contributed by atoms with van der Waals surface area (Å²) in [5, 5.41) is 16.0. The number of nitrogens with one attached hydrogen (secondary N) is 1. The van der Waals surface area contributed by atoms with E-state index in [1.807, 2.05) is 37.5 Å². The molecule has 0 saturated carbocycles. The number of nitrogens with zero attached hydrogens (tertiary/aromatic N) is 3. The normalized spacial score (nSPS) is 11.1. The molecule has 10 heteroatoms. The van der Waals surface area contributed by atoms with Crippen molar-refractivity contribution in [3.8, 4) is 11.4 Å². The fourth-order valence-corrected chi connectivity index (χ4v) is 6.19. The molecule has 1 aromatic carbocycles. The highest BCUT2D eigenvalue weighted by Crippen LogP contribution is 2.35. The van der Waals surface area contributed by atoms with Crippen LogP contribution in [0.5, 0.6) is 0 Å². The van der Waals surface area contributed by atoms with E-state index in [9.17, 15) is 9.59 Å². The summed E-state index contributed by atoms with van der Waals surface area (Å²) in [5.74, 6) is 0.284. The maximum atomic E-state index is 12.6. The molecule has 0 radical (unpaired) electrons. The van der Waals surface area contributed by atoms with Gasteiger partial charge >= 0.3 is 5.97 Å². The molecule has 0 atom stereocenters. The van der Waals surface area contributed by atoms with E-state index in [2.05, 4.69) is 33.0 Å². The van der Waals surface area contributed by atoms with Crippen LogP contribution in [0.1, 0.15) is 27.7 Å². The summed E-state index contributed by atoms with van der Waals surface area (Å²) in [7, 11) is 1.34. The lowest BCUT2D eigenvalue weighted by Gasteiger charge is -2.08. The van der Waals surface area contributed by atoms with Crippen LogP contribution >= 0.6 is 34.4 Å². The summed E-state index contributed by atoms with van der Waals surface area (Å²) in [6, 6.07) is 8.21. The molecule has 0 unspecified atom stereocenters. The lowest BCUT2D eigenvalue weighted by atomic mass is 10.1. The van der Waals surface area contributed by atoms with Crippen LogP contribution in [0.4, 0.5) is 5.00 Å². The van der Waals surface area contributed by atoms with Gasteiger partial charge in [0.15, 0.2) is 11.0 Å². The average Bonchev–Trinajstić information content (AvgIpc) is 3.47. The Morgan fingerprint density at radius 1 is 1.22 bits per heavy atom. The van der Waals surface area contributed by atoms with E-state index in [-0.39, 0.29) is 11.7 Å². The standard InChI is InChI=1S/C22H22N4O3S3/c1-5-26-19(15-10-30-16-9-7-6-8-14(15)16)24-25-22(26)31-11-17(27)23-20-18(21(28)29-4)12(2)13(3)32-20/h6-10H,5,11H2,1-4H3,(H,23,27). The van der Waals surface area contributed by atoms with Gasteiger partial charge in [0.05, 0.1) is 18.4 Å². The second-order valence-electron chi connectivity index (χ2n) is 7.01. The SMILES string of the molecule is CCn1c(SCC(=O)Nc2sc(C)c(C)c2C(=O)OC)nnc1-c1csc2ccccc12. The number of aryl methyl sites for hydroxylation is 1. The number of methoxy groups -OCH3 is 1. The molecule has 1 amide bonds. The number of carbonyl (C=O) groups is 2. The van der Waals surface area contributed by atoms with Crippen molar-refractivity contribution in [2.24, 2.45) is 0 Å². The first-order valence-corrected chi connectivity index (χ1v) is 12.6. The Hall–Kier alpha value is -2.69. The van der Waals surface area contributed by atoms with Crippen molar-refractivity contribution in [3.05, 3.63) is 45.6 Å². The van der Waals surface area contributed by atoms with Crippen LogP contribution in [-0.2, 0) is 16.1 Å². The van der Waals surface area contributed by atoms with E-state index in [1.54, 1.807) is 11.3 Å². The molecule has 0 aliphatic heterocycles. The van der Waals surface area contributed by atoms with Crippen LogP contribution in [0.25, 0.3) is 21.5 Å². The largest absolute Gasteiger partial charge is 0.465 e. The Balaban J connectivity index is 1.51. The van der Waals surface area contributed by atoms with Gasteiger partial charge in [0.25, 0.3) is 0 Å². The number of thioether (sulfide) groups is 1. The fraction of sp³-hybridized carbons (Fsp3) is 0.273. The monoisotopic (exact) mass is 486 g/mol. The van der Waals surface area contributed by atoms with E-state index >= 15 is 0 Å². The van der Waals surface area contributed by atoms with Crippen molar-refractivity contribution < 1.29 is 14.3 Å². The van der Waals surface area contributed by atoms with Gasteiger partial charge in [-0.25, -0.2) is 4.79 Å². The van der Waals surface area contributed by atoms with Crippen LogP contribution in [0.2, 0.25) is 0 Å². The van der Waals surface area contributed by atoms with Crippen LogP contribution in [0.15, 0.2) is 34.8 Å². The molecule has 166 valence electrons. The molecular weight excluding hydrogens is 464 g/mol. The van der Waals surface area contributed by atoms with Gasteiger partial charge in [-0.15, -0.1) is 32.9 Å². The summed E-state index contributed by atoms with van der Waals surface area (Å²) in [4.78, 5) is 25.7. The number of benzene rings is 1. The molecular formula is C22H22N4O3S3. The number of carbonyl (C=O) groups excluding carboxylic acids is 2. The van der Waals surface area contributed by atoms with Crippen molar-refractivity contribution in [3.63, 3.8) is 0 Å². The predicted octanol–water partition coefficient (Wildman–Crippen LogP) is 5.38. The number of thiophene rings is 2. The zero-order valence-corrected chi connectivity index (χ0v) is 20.5. The molecule has 4 rings (SSSR count). The number of ether oxygens (including phenoxy) is 1. The number of hydrogen-bond donors (Lipinski definition) is 1. The molecule has 0 fully saturated rings. The lowest BCUT2D eigenvalue weighted by molar-refractivity contribution is -0.113. The van der Waals surface area contributed by atoms with Gasteiger partial charge in [0.1, 0.15) is 5.00 Å². The number of amides is 1. The molecule has 0 bridgehead atoms. The molecule has 0 aliphatic carbocycles. The first kappa shape index (κ1) is 22.5. The third kappa shape index (κ3) is 4.17. The van der Waals surface area contributed by atoms with Crippen LogP contribution in [0.3, 0.4) is 0 Å².